The van der Waals surface area contributed by atoms with Gasteiger partial charge in [-0.2, -0.15) is 0 Å². The Labute approximate surface area is 220 Å². The molecule has 1 unspecified atom stereocenters. The lowest BCUT2D eigenvalue weighted by Crippen LogP contribution is -2.28. The first-order chi connectivity index (χ1) is 18.4. The Morgan fingerprint density at radius 3 is 1.95 bits per heavy atom. The highest BCUT2D eigenvalue weighted by atomic mass is 16.6. The summed E-state index contributed by atoms with van der Waals surface area (Å²) in [6, 6.07) is 11.0. The quantitative estimate of drug-likeness (QED) is 0.0859. The van der Waals surface area contributed by atoms with Crippen LogP contribution in [0, 0.1) is 0 Å². The number of carboxylic acids is 2. The lowest BCUT2D eigenvalue weighted by Gasteiger charge is -2.13. The minimum Gasteiger partial charge on any atom is -0.504 e. The van der Waals surface area contributed by atoms with Crippen LogP contribution in [0.25, 0.3) is 12.2 Å². The standard InChI is InChI=1S/C27H22O12/c28-17-5-1-15(10-19(17)30)12-23(26(34)35)38-22-7-3-14(9-21(22)32)4-8-25(33)39-24(27(36)37)13-16-2-6-18(29)20(31)11-16/h1-12,24,28-32H,13H2,(H,34,35)(H,36,37)/b8-4+,23-12+. The second-order valence-corrected chi connectivity index (χ2v) is 8.02. The molecule has 3 rings (SSSR count). The molecule has 39 heavy (non-hydrogen) atoms. The zero-order chi connectivity index (χ0) is 28.7. The van der Waals surface area contributed by atoms with Gasteiger partial charge in [-0.05, 0) is 65.2 Å². The van der Waals surface area contributed by atoms with Crippen LogP contribution in [-0.4, -0.2) is 59.8 Å². The molecule has 1 atom stereocenters. The molecule has 7 N–H and O–H groups in total. The van der Waals surface area contributed by atoms with Crippen molar-refractivity contribution in [1.29, 1.82) is 0 Å². The molecule has 0 bridgehead atoms. The molecule has 0 amide bonds. The molecule has 0 aromatic heterocycles. The van der Waals surface area contributed by atoms with Gasteiger partial charge in [0.1, 0.15) is 0 Å². The fourth-order valence-electron chi connectivity index (χ4n) is 3.19. The summed E-state index contributed by atoms with van der Waals surface area (Å²) in [5, 5.41) is 66.9. The molecule has 0 saturated carbocycles. The Hall–Kier alpha value is -5.65. The van der Waals surface area contributed by atoms with E-state index in [1.165, 1.54) is 36.4 Å². The van der Waals surface area contributed by atoms with E-state index < -0.39 is 58.5 Å². The van der Waals surface area contributed by atoms with Crippen LogP contribution in [0.4, 0.5) is 0 Å². The van der Waals surface area contributed by atoms with Gasteiger partial charge in [0.25, 0.3) is 0 Å². The van der Waals surface area contributed by atoms with E-state index in [2.05, 4.69) is 0 Å². The number of phenolic OH excluding ortho intramolecular Hbond substituents is 5. The number of carbonyl (C=O) groups is 3. The van der Waals surface area contributed by atoms with Crippen LogP contribution in [0.15, 0.2) is 66.4 Å². The highest BCUT2D eigenvalue weighted by Crippen LogP contribution is 2.31. The SMILES string of the molecule is O=C(/C=C/c1ccc(O/C(=C/c2ccc(O)c(O)c2)C(=O)O)c(O)c1)OC(Cc1ccc(O)c(O)c1)C(=O)O. The summed E-state index contributed by atoms with van der Waals surface area (Å²) in [6.07, 6.45) is 1.32. The Kier molecular flexibility index (Phi) is 8.64. The van der Waals surface area contributed by atoms with Crippen molar-refractivity contribution in [3.8, 4) is 34.5 Å². The van der Waals surface area contributed by atoms with Gasteiger partial charge in [-0.25, -0.2) is 14.4 Å². The van der Waals surface area contributed by atoms with Crippen molar-refractivity contribution in [3.63, 3.8) is 0 Å². The molecular formula is C27H22O12. The number of esters is 1. The van der Waals surface area contributed by atoms with E-state index in [4.69, 9.17) is 9.47 Å². The van der Waals surface area contributed by atoms with Crippen molar-refractivity contribution in [3.05, 3.63) is 83.1 Å². The molecule has 0 spiro atoms. The highest BCUT2D eigenvalue weighted by Gasteiger charge is 2.22. The van der Waals surface area contributed by atoms with Crippen molar-refractivity contribution in [2.45, 2.75) is 12.5 Å². The monoisotopic (exact) mass is 538 g/mol. The minimum absolute atomic E-state index is 0.196. The van der Waals surface area contributed by atoms with Crippen LogP contribution < -0.4 is 4.74 Å². The summed E-state index contributed by atoms with van der Waals surface area (Å²) in [5.74, 6) is -6.98. The average Bonchev–Trinajstić information content (AvgIpc) is 2.87. The predicted molar refractivity (Wildman–Crippen MR) is 134 cm³/mol. The van der Waals surface area contributed by atoms with E-state index in [0.29, 0.717) is 5.56 Å². The molecule has 12 heteroatoms. The number of phenols is 5. The molecule has 3 aromatic rings. The maximum absolute atomic E-state index is 12.2. The van der Waals surface area contributed by atoms with Gasteiger partial charge in [0.05, 0.1) is 0 Å². The lowest BCUT2D eigenvalue weighted by molar-refractivity contribution is -0.160. The van der Waals surface area contributed by atoms with Gasteiger partial charge in [-0.1, -0.05) is 18.2 Å². The van der Waals surface area contributed by atoms with Gasteiger partial charge in [-0.15, -0.1) is 0 Å². The smallest absolute Gasteiger partial charge is 0.371 e. The summed E-state index contributed by atoms with van der Waals surface area (Å²) in [7, 11) is 0. The predicted octanol–water partition coefficient (Wildman–Crippen LogP) is 2.97. The topological polar surface area (TPSA) is 211 Å². The zero-order valence-electron chi connectivity index (χ0n) is 19.9. The van der Waals surface area contributed by atoms with Gasteiger partial charge in [0, 0.05) is 12.5 Å². The van der Waals surface area contributed by atoms with Crippen LogP contribution in [0.5, 0.6) is 34.5 Å². The first-order valence-corrected chi connectivity index (χ1v) is 11.0. The average molecular weight is 538 g/mol. The number of ether oxygens (including phenoxy) is 2. The number of carboxylic acid groups (broad SMARTS) is 2. The third-order valence-corrected chi connectivity index (χ3v) is 5.12. The van der Waals surface area contributed by atoms with E-state index in [0.717, 1.165) is 36.4 Å². The number of aliphatic carboxylic acids is 2. The summed E-state index contributed by atoms with van der Waals surface area (Å²) < 4.78 is 10.2. The van der Waals surface area contributed by atoms with Crippen LogP contribution in [-0.2, 0) is 25.5 Å². The maximum atomic E-state index is 12.2. The van der Waals surface area contributed by atoms with Gasteiger partial charge in [0.15, 0.2) is 34.5 Å². The van der Waals surface area contributed by atoms with Crippen LogP contribution in [0.3, 0.4) is 0 Å². The molecule has 202 valence electrons. The second-order valence-electron chi connectivity index (χ2n) is 8.02. The van der Waals surface area contributed by atoms with Crippen molar-refractivity contribution < 1.29 is 59.6 Å². The van der Waals surface area contributed by atoms with E-state index >= 15 is 0 Å². The van der Waals surface area contributed by atoms with Crippen LogP contribution >= 0.6 is 0 Å². The molecule has 3 aromatic carbocycles. The van der Waals surface area contributed by atoms with Crippen LogP contribution in [0.1, 0.15) is 16.7 Å². The van der Waals surface area contributed by atoms with Crippen molar-refractivity contribution in [1.82, 2.24) is 0 Å². The number of carbonyl (C=O) groups excluding carboxylic acids is 1. The third kappa shape index (κ3) is 7.67. The van der Waals surface area contributed by atoms with Crippen molar-refractivity contribution in [2.24, 2.45) is 0 Å². The second kappa shape index (κ2) is 12.1. The van der Waals surface area contributed by atoms with E-state index in [1.54, 1.807) is 0 Å². The largest absolute Gasteiger partial charge is 0.504 e. The third-order valence-electron chi connectivity index (χ3n) is 5.12. The Morgan fingerprint density at radius 1 is 0.744 bits per heavy atom. The zero-order valence-corrected chi connectivity index (χ0v) is 19.9. The fourth-order valence-corrected chi connectivity index (χ4v) is 3.19. The van der Waals surface area contributed by atoms with E-state index in [-0.39, 0.29) is 23.3 Å². The summed E-state index contributed by atoms with van der Waals surface area (Å²) >= 11 is 0. The van der Waals surface area contributed by atoms with E-state index in [9.17, 15) is 50.1 Å². The Bertz CT molecular complexity index is 1470. The molecule has 0 saturated heterocycles. The highest BCUT2D eigenvalue weighted by molar-refractivity contribution is 5.91. The number of rotatable bonds is 10. The number of hydrogen-bond donors (Lipinski definition) is 7. The normalized spacial score (nSPS) is 12.2. The minimum atomic E-state index is -1.59. The van der Waals surface area contributed by atoms with Crippen molar-refractivity contribution in [2.75, 3.05) is 0 Å². The number of hydrogen-bond acceptors (Lipinski definition) is 10. The molecule has 0 aliphatic rings. The summed E-state index contributed by atoms with van der Waals surface area (Å²) in [4.78, 5) is 35.3. The summed E-state index contributed by atoms with van der Waals surface area (Å²) in [6.45, 7) is 0. The molecule has 12 nitrogen and oxygen atoms in total. The van der Waals surface area contributed by atoms with Gasteiger partial charge < -0.3 is 45.2 Å². The molecule has 0 heterocycles. The summed E-state index contributed by atoms with van der Waals surface area (Å²) in [5.41, 5.74) is 0.755. The molecule has 0 radical (unpaired) electrons. The fraction of sp³-hybridized carbons (Fsp3) is 0.0741. The number of aromatic hydroxyl groups is 5. The van der Waals surface area contributed by atoms with E-state index in [1.807, 2.05) is 0 Å². The molecular weight excluding hydrogens is 516 g/mol. The van der Waals surface area contributed by atoms with Gasteiger partial charge >= 0.3 is 17.9 Å². The Morgan fingerprint density at radius 2 is 1.36 bits per heavy atom. The van der Waals surface area contributed by atoms with Crippen LogP contribution in [0.2, 0.25) is 0 Å². The molecule has 0 fully saturated rings. The molecule has 0 aliphatic heterocycles. The first-order valence-electron chi connectivity index (χ1n) is 11.0. The van der Waals surface area contributed by atoms with Crippen molar-refractivity contribution >= 4 is 30.1 Å². The lowest BCUT2D eigenvalue weighted by atomic mass is 10.1. The van der Waals surface area contributed by atoms with Gasteiger partial charge in [0.2, 0.25) is 11.9 Å². The molecule has 0 aliphatic carbocycles. The maximum Gasteiger partial charge on any atom is 0.371 e. The van der Waals surface area contributed by atoms with Gasteiger partial charge in [-0.3, -0.25) is 0 Å². The number of benzene rings is 3. The first kappa shape index (κ1) is 27.9. The Balaban J connectivity index is 1.69.